The maximum Gasteiger partial charge on any atom is 0.325 e. The monoisotopic (exact) mass is 334 g/mol. The number of ether oxygens (including phenoxy) is 1. The van der Waals surface area contributed by atoms with Crippen LogP contribution < -0.4 is 16.4 Å². The van der Waals surface area contributed by atoms with Gasteiger partial charge in [-0.2, -0.15) is 0 Å². The lowest BCUT2D eigenvalue weighted by Crippen LogP contribution is -2.40. The summed E-state index contributed by atoms with van der Waals surface area (Å²) >= 11 is 4.55. The average Bonchev–Trinajstić information content (AvgIpc) is 2.78. The number of nitrogens with two attached hydrogens (primary N) is 1. The predicted molar refractivity (Wildman–Crippen MR) is 82.8 cm³/mol. The van der Waals surface area contributed by atoms with Crippen molar-refractivity contribution in [3.05, 3.63) is 0 Å². The van der Waals surface area contributed by atoms with Gasteiger partial charge >= 0.3 is 11.9 Å². The van der Waals surface area contributed by atoms with Crippen molar-refractivity contribution in [2.75, 3.05) is 20.6 Å². The molecule has 1 aliphatic heterocycles. The van der Waals surface area contributed by atoms with Crippen LogP contribution in [0.25, 0.3) is 0 Å². The summed E-state index contributed by atoms with van der Waals surface area (Å²) in [5.41, 5.74) is 5.35. The van der Waals surface area contributed by atoms with Gasteiger partial charge in [-0.15, -0.1) is 0 Å². The zero-order valence-electron chi connectivity index (χ0n) is 12.8. The number of thiocarbonyl (C=S) groups is 1. The highest BCUT2D eigenvalue weighted by atomic mass is 32.1. The van der Waals surface area contributed by atoms with E-state index in [1.165, 1.54) is 0 Å². The maximum absolute atomic E-state index is 11.3. The third-order valence-electron chi connectivity index (χ3n) is 2.54. The number of nitrogens with one attached hydrogen (secondary N) is 2. The van der Waals surface area contributed by atoms with Crippen molar-refractivity contribution in [3.8, 4) is 0 Å². The van der Waals surface area contributed by atoms with Crippen LogP contribution in [0.3, 0.4) is 0 Å². The van der Waals surface area contributed by atoms with Crippen molar-refractivity contribution >= 4 is 35.2 Å². The Morgan fingerprint density at radius 2 is 2.09 bits per heavy atom. The molecule has 2 unspecified atom stereocenters. The molecule has 1 heterocycles. The van der Waals surface area contributed by atoms with Gasteiger partial charge in [0, 0.05) is 0 Å². The smallest absolute Gasteiger partial charge is 0.325 e. The Kier molecular flexibility index (Phi) is 9.22. The number of nitrogens with zero attached hydrogens (tertiary/aromatic N) is 1. The molecular formula is C12H22N4O5S. The second-order valence-corrected chi connectivity index (χ2v) is 5.11. The number of carboxylic acids is 1. The standard InChI is InChI=1S/C9H18N2O4.C3H4N2OS/c1-4-7(11(2)3)15-9(14)6(10)5-8(12)13;6-2-1-4-3(7)5-2/h6-7H,4-5,10H2,1-3H3,(H,12,13);1H2,(H2,4,5,6,7). The van der Waals surface area contributed by atoms with Crippen molar-refractivity contribution in [2.24, 2.45) is 5.73 Å². The molecule has 2 atom stereocenters. The van der Waals surface area contributed by atoms with E-state index in [0.29, 0.717) is 18.1 Å². The second kappa shape index (κ2) is 10.0. The largest absolute Gasteiger partial charge is 0.481 e. The number of carbonyl (C=O) groups is 3. The van der Waals surface area contributed by atoms with Crippen LogP contribution >= 0.6 is 12.2 Å². The van der Waals surface area contributed by atoms with E-state index in [-0.39, 0.29) is 12.1 Å². The van der Waals surface area contributed by atoms with Gasteiger partial charge in [0.2, 0.25) is 5.91 Å². The Morgan fingerprint density at radius 1 is 1.50 bits per heavy atom. The molecule has 1 fully saturated rings. The van der Waals surface area contributed by atoms with E-state index in [4.69, 9.17) is 15.6 Å². The molecule has 1 aliphatic rings. The molecule has 0 aliphatic carbocycles. The number of hydrogen-bond acceptors (Lipinski definition) is 7. The van der Waals surface area contributed by atoms with Gasteiger partial charge in [-0.05, 0) is 32.7 Å². The molecule has 10 heteroatoms. The molecule has 5 N–H and O–H groups in total. The summed E-state index contributed by atoms with van der Waals surface area (Å²) in [5, 5.41) is 13.9. The predicted octanol–water partition coefficient (Wildman–Crippen LogP) is -1.38. The maximum atomic E-state index is 11.3. The van der Waals surface area contributed by atoms with E-state index in [2.05, 4.69) is 22.9 Å². The first-order valence-electron chi connectivity index (χ1n) is 6.59. The van der Waals surface area contributed by atoms with Gasteiger partial charge in [0.15, 0.2) is 11.3 Å². The van der Waals surface area contributed by atoms with Crippen molar-refractivity contribution in [2.45, 2.75) is 32.0 Å². The minimum absolute atomic E-state index is 0.0509. The van der Waals surface area contributed by atoms with Gasteiger partial charge < -0.3 is 26.2 Å². The topological polar surface area (TPSA) is 134 Å². The third kappa shape index (κ3) is 8.49. The molecule has 0 saturated carbocycles. The van der Waals surface area contributed by atoms with Gasteiger partial charge in [-0.3, -0.25) is 19.3 Å². The number of carboxylic acid groups (broad SMARTS) is 1. The molecule has 22 heavy (non-hydrogen) atoms. The summed E-state index contributed by atoms with van der Waals surface area (Å²) in [4.78, 5) is 33.5. The van der Waals surface area contributed by atoms with E-state index in [1.54, 1.807) is 19.0 Å². The van der Waals surface area contributed by atoms with Gasteiger partial charge in [0.05, 0.1) is 13.0 Å². The number of carbonyl (C=O) groups excluding carboxylic acids is 2. The third-order valence-corrected chi connectivity index (χ3v) is 2.78. The highest BCUT2D eigenvalue weighted by Gasteiger charge is 2.22. The Bertz CT molecular complexity index is 416. The van der Waals surface area contributed by atoms with Gasteiger partial charge in [0.25, 0.3) is 0 Å². The molecule has 0 bridgehead atoms. The molecule has 1 saturated heterocycles. The number of esters is 1. The lowest BCUT2D eigenvalue weighted by molar-refractivity contribution is -0.161. The first kappa shape index (κ1) is 20.2. The van der Waals surface area contributed by atoms with Gasteiger partial charge in [-0.25, -0.2) is 0 Å². The normalized spacial score (nSPS) is 16.0. The summed E-state index contributed by atoms with van der Waals surface area (Å²) in [7, 11) is 3.54. The Hall–Kier alpha value is -1.78. The summed E-state index contributed by atoms with van der Waals surface area (Å²) in [6, 6.07) is -1.10. The Balaban J connectivity index is 0.000000518. The molecule has 0 aromatic rings. The zero-order valence-corrected chi connectivity index (χ0v) is 13.6. The molecule has 1 rings (SSSR count). The molecule has 0 aromatic heterocycles. The Morgan fingerprint density at radius 3 is 2.36 bits per heavy atom. The number of rotatable bonds is 6. The highest BCUT2D eigenvalue weighted by Crippen LogP contribution is 2.03. The number of hydrogen-bond donors (Lipinski definition) is 4. The molecule has 0 spiro atoms. The van der Waals surface area contributed by atoms with Gasteiger partial charge in [-0.1, -0.05) is 6.92 Å². The van der Waals surface area contributed by atoms with Crippen LogP contribution in [0.1, 0.15) is 19.8 Å². The SMILES string of the molecule is CCC(OC(=O)C(N)CC(=O)O)N(C)C.O=C1CNC(=S)N1. The fourth-order valence-electron chi connectivity index (χ4n) is 1.42. The minimum Gasteiger partial charge on any atom is -0.481 e. The van der Waals surface area contributed by atoms with Crippen molar-refractivity contribution in [1.82, 2.24) is 15.5 Å². The van der Waals surface area contributed by atoms with Crippen molar-refractivity contribution in [3.63, 3.8) is 0 Å². The van der Waals surface area contributed by atoms with Crippen molar-refractivity contribution < 1.29 is 24.2 Å². The van der Waals surface area contributed by atoms with E-state index in [9.17, 15) is 14.4 Å². The van der Waals surface area contributed by atoms with Crippen LogP contribution in [-0.2, 0) is 19.1 Å². The van der Waals surface area contributed by atoms with Crippen LogP contribution in [-0.4, -0.2) is 65.9 Å². The first-order chi connectivity index (χ1) is 10.2. The van der Waals surface area contributed by atoms with E-state index in [0.717, 1.165) is 0 Å². The molecule has 0 radical (unpaired) electrons. The zero-order chi connectivity index (χ0) is 17.3. The lowest BCUT2D eigenvalue weighted by atomic mass is 10.2. The summed E-state index contributed by atoms with van der Waals surface area (Å²) in [6.07, 6.45) is -0.154. The van der Waals surface area contributed by atoms with E-state index >= 15 is 0 Å². The Labute approximate surface area is 134 Å². The molecular weight excluding hydrogens is 312 g/mol. The van der Waals surface area contributed by atoms with Crippen LogP contribution in [0.15, 0.2) is 0 Å². The molecule has 1 amide bonds. The van der Waals surface area contributed by atoms with Crippen LogP contribution in [0.4, 0.5) is 0 Å². The summed E-state index contributed by atoms with van der Waals surface area (Å²) in [5.74, 6) is -1.85. The van der Waals surface area contributed by atoms with Crippen LogP contribution in [0.2, 0.25) is 0 Å². The molecule has 126 valence electrons. The van der Waals surface area contributed by atoms with E-state index in [1.807, 2.05) is 6.92 Å². The summed E-state index contributed by atoms with van der Waals surface area (Å²) in [6.45, 7) is 2.19. The fourth-order valence-corrected chi connectivity index (χ4v) is 1.61. The lowest BCUT2D eigenvalue weighted by Gasteiger charge is -2.24. The second-order valence-electron chi connectivity index (χ2n) is 4.70. The number of aliphatic carboxylic acids is 1. The fraction of sp³-hybridized carbons (Fsp3) is 0.667. The van der Waals surface area contributed by atoms with E-state index < -0.39 is 24.4 Å². The molecule has 0 aromatic carbocycles. The van der Waals surface area contributed by atoms with Crippen LogP contribution in [0, 0.1) is 0 Å². The first-order valence-corrected chi connectivity index (χ1v) is 7.00. The molecule has 9 nitrogen and oxygen atoms in total. The number of amides is 1. The summed E-state index contributed by atoms with van der Waals surface area (Å²) < 4.78 is 5.02. The van der Waals surface area contributed by atoms with Gasteiger partial charge in [0.1, 0.15) is 6.04 Å². The average molecular weight is 334 g/mol. The highest BCUT2D eigenvalue weighted by molar-refractivity contribution is 7.80. The quantitative estimate of drug-likeness (QED) is 0.263. The van der Waals surface area contributed by atoms with Crippen LogP contribution in [0.5, 0.6) is 0 Å². The van der Waals surface area contributed by atoms with Crippen molar-refractivity contribution in [1.29, 1.82) is 0 Å². The minimum atomic E-state index is -1.11.